The zero-order chi connectivity index (χ0) is 13.1. The van der Waals surface area contributed by atoms with Crippen molar-refractivity contribution >= 4 is 34.2 Å². The second-order valence-corrected chi connectivity index (χ2v) is 5.09. The first-order chi connectivity index (χ1) is 8.56. The molecule has 0 atom stereocenters. The predicted octanol–water partition coefficient (Wildman–Crippen LogP) is 2.95. The second-order valence-electron chi connectivity index (χ2n) is 3.85. The molecule has 0 unspecified atom stereocenters. The van der Waals surface area contributed by atoms with Gasteiger partial charge in [-0.2, -0.15) is 0 Å². The lowest BCUT2D eigenvalue weighted by molar-refractivity contribution is 0.102. The number of hydrogen-bond acceptors (Lipinski definition) is 3. The number of pyridine rings is 1. The van der Waals surface area contributed by atoms with Crippen LogP contribution in [0.5, 0.6) is 5.75 Å². The van der Waals surface area contributed by atoms with Gasteiger partial charge in [0.1, 0.15) is 5.75 Å². The smallest absolute Gasteiger partial charge is 0.257 e. The Bertz CT molecular complexity index is 599. The number of benzene rings is 1. The highest BCUT2D eigenvalue weighted by Crippen LogP contribution is 2.19. The van der Waals surface area contributed by atoms with E-state index >= 15 is 0 Å². The number of anilines is 1. The molecular formula is C13H11IN2O2. The predicted molar refractivity (Wildman–Crippen MR) is 77.8 cm³/mol. The minimum absolute atomic E-state index is 0.0259. The number of aromatic hydroxyl groups is 1. The average Bonchev–Trinajstić information content (AvgIpc) is 2.32. The van der Waals surface area contributed by atoms with E-state index in [1.807, 2.05) is 25.1 Å². The molecule has 0 aliphatic carbocycles. The fraction of sp³-hybridized carbons (Fsp3) is 0.0769. The molecule has 4 nitrogen and oxygen atoms in total. The first kappa shape index (κ1) is 12.8. The zero-order valence-corrected chi connectivity index (χ0v) is 11.8. The Hall–Kier alpha value is -1.63. The van der Waals surface area contributed by atoms with Crippen molar-refractivity contribution in [3.63, 3.8) is 0 Å². The van der Waals surface area contributed by atoms with Gasteiger partial charge in [0.2, 0.25) is 0 Å². The number of carbonyl (C=O) groups excluding carboxylic acids is 1. The fourth-order valence-electron chi connectivity index (χ4n) is 1.51. The van der Waals surface area contributed by atoms with Crippen molar-refractivity contribution in [3.8, 4) is 5.75 Å². The van der Waals surface area contributed by atoms with Crippen molar-refractivity contribution in [2.24, 2.45) is 0 Å². The summed E-state index contributed by atoms with van der Waals surface area (Å²) in [7, 11) is 0. The molecule has 0 saturated heterocycles. The highest BCUT2D eigenvalue weighted by molar-refractivity contribution is 14.1. The SMILES string of the molecule is Cc1cc(I)ccc1NC(=O)c1cncc(O)c1. The van der Waals surface area contributed by atoms with E-state index in [9.17, 15) is 9.90 Å². The lowest BCUT2D eigenvalue weighted by atomic mass is 10.2. The van der Waals surface area contributed by atoms with Gasteiger partial charge in [0, 0.05) is 15.5 Å². The summed E-state index contributed by atoms with van der Waals surface area (Å²) >= 11 is 2.22. The van der Waals surface area contributed by atoms with E-state index in [0.29, 0.717) is 5.56 Å². The molecule has 0 aliphatic heterocycles. The van der Waals surface area contributed by atoms with Crippen LogP contribution in [0.2, 0.25) is 0 Å². The van der Waals surface area contributed by atoms with Crippen molar-refractivity contribution in [2.45, 2.75) is 6.92 Å². The molecule has 2 aromatic rings. The summed E-state index contributed by atoms with van der Waals surface area (Å²) in [5.74, 6) is -0.315. The molecule has 5 heteroatoms. The topological polar surface area (TPSA) is 62.2 Å². The number of amides is 1. The second kappa shape index (κ2) is 5.34. The van der Waals surface area contributed by atoms with Crippen LogP contribution in [0.4, 0.5) is 5.69 Å². The van der Waals surface area contributed by atoms with E-state index in [4.69, 9.17) is 0 Å². The van der Waals surface area contributed by atoms with Gasteiger partial charge in [0.25, 0.3) is 5.91 Å². The van der Waals surface area contributed by atoms with Gasteiger partial charge < -0.3 is 10.4 Å². The first-order valence-corrected chi connectivity index (χ1v) is 6.35. The van der Waals surface area contributed by atoms with Crippen LogP contribution in [0.25, 0.3) is 0 Å². The largest absolute Gasteiger partial charge is 0.506 e. The summed E-state index contributed by atoms with van der Waals surface area (Å²) in [6.45, 7) is 1.93. The average molecular weight is 354 g/mol. The number of halogens is 1. The van der Waals surface area contributed by atoms with Crippen LogP contribution in [0.15, 0.2) is 36.7 Å². The molecule has 2 rings (SSSR count). The monoisotopic (exact) mass is 354 g/mol. The number of carbonyl (C=O) groups is 1. The molecule has 0 saturated carbocycles. The molecule has 1 aromatic heterocycles. The zero-order valence-electron chi connectivity index (χ0n) is 9.64. The van der Waals surface area contributed by atoms with Crippen LogP contribution in [-0.4, -0.2) is 16.0 Å². The van der Waals surface area contributed by atoms with Gasteiger partial charge in [0.05, 0.1) is 11.8 Å². The lowest BCUT2D eigenvalue weighted by Gasteiger charge is -2.08. The summed E-state index contributed by atoms with van der Waals surface area (Å²) in [5, 5.41) is 12.1. The molecule has 92 valence electrons. The van der Waals surface area contributed by atoms with Gasteiger partial charge in [-0.05, 0) is 59.3 Å². The Kier molecular flexibility index (Phi) is 3.81. The third-order valence-electron chi connectivity index (χ3n) is 2.42. The molecule has 1 heterocycles. The minimum atomic E-state index is -0.289. The number of nitrogens with zero attached hydrogens (tertiary/aromatic N) is 1. The summed E-state index contributed by atoms with van der Waals surface area (Å²) in [4.78, 5) is 15.7. The number of rotatable bonds is 2. The Morgan fingerprint density at radius 3 is 2.78 bits per heavy atom. The number of aromatic nitrogens is 1. The highest BCUT2D eigenvalue weighted by atomic mass is 127. The van der Waals surface area contributed by atoms with Gasteiger partial charge in [-0.25, -0.2) is 0 Å². The molecule has 0 fully saturated rings. The lowest BCUT2D eigenvalue weighted by Crippen LogP contribution is -2.13. The quantitative estimate of drug-likeness (QED) is 0.816. The van der Waals surface area contributed by atoms with Crippen LogP contribution in [0.1, 0.15) is 15.9 Å². The summed E-state index contributed by atoms with van der Waals surface area (Å²) in [5.41, 5.74) is 2.07. The Morgan fingerprint density at radius 2 is 2.11 bits per heavy atom. The standard InChI is InChI=1S/C13H11IN2O2/c1-8-4-10(14)2-3-12(8)16-13(18)9-5-11(17)7-15-6-9/h2-7,17H,1H3,(H,16,18). The maximum atomic E-state index is 11.9. The van der Waals surface area contributed by atoms with Gasteiger partial charge in [-0.1, -0.05) is 0 Å². The van der Waals surface area contributed by atoms with Gasteiger partial charge in [-0.3, -0.25) is 9.78 Å². The third-order valence-corrected chi connectivity index (χ3v) is 3.09. The Morgan fingerprint density at radius 1 is 1.33 bits per heavy atom. The normalized spacial score (nSPS) is 10.1. The van der Waals surface area contributed by atoms with E-state index in [0.717, 1.165) is 14.8 Å². The summed E-state index contributed by atoms with van der Waals surface area (Å²) in [6, 6.07) is 7.14. The van der Waals surface area contributed by atoms with Crippen LogP contribution < -0.4 is 5.32 Å². The summed E-state index contributed by atoms with van der Waals surface area (Å²) < 4.78 is 1.11. The molecule has 2 N–H and O–H groups in total. The van der Waals surface area contributed by atoms with Crippen LogP contribution >= 0.6 is 22.6 Å². The molecule has 1 aromatic carbocycles. The third kappa shape index (κ3) is 2.98. The van der Waals surface area contributed by atoms with Gasteiger partial charge in [-0.15, -0.1) is 0 Å². The van der Waals surface area contributed by atoms with Crippen LogP contribution in [0.3, 0.4) is 0 Å². The van der Waals surface area contributed by atoms with E-state index < -0.39 is 0 Å². The molecule has 0 aliphatic rings. The number of nitrogens with one attached hydrogen (secondary N) is 1. The number of hydrogen-bond donors (Lipinski definition) is 2. The van der Waals surface area contributed by atoms with E-state index in [1.165, 1.54) is 18.5 Å². The van der Waals surface area contributed by atoms with E-state index in [-0.39, 0.29) is 11.7 Å². The molecular weight excluding hydrogens is 343 g/mol. The number of aryl methyl sites for hydroxylation is 1. The Labute approximate surface area is 118 Å². The molecule has 0 bridgehead atoms. The van der Waals surface area contributed by atoms with Crippen molar-refractivity contribution in [3.05, 3.63) is 51.4 Å². The van der Waals surface area contributed by atoms with Crippen molar-refractivity contribution < 1.29 is 9.90 Å². The molecule has 18 heavy (non-hydrogen) atoms. The van der Waals surface area contributed by atoms with Crippen LogP contribution in [0, 0.1) is 10.5 Å². The van der Waals surface area contributed by atoms with Crippen molar-refractivity contribution in [1.29, 1.82) is 0 Å². The maximum absolute atomic E-state index is 11.9. The summed E-state index contributed by atoms with van der Waals surface area (Å²) in [6.07, 6.45) is 2.70. The molecule has 1 amide bonds. The maximum Gasteiger partial charge on any atom is 0.257 e. The van der Waals surface area contributed by atoms with Crippen LogP contribution in [-0.2, 0) is 0 Å². The van der Waals surface area contributed by atoms with E-state index in [2.05, 4.69) is 32.9 Å². The fourth-order valence-corrected chi connectivity index (χ4v) is 2.16. The Balaban J connectivity index is 2.21. The van der Waals surface area contributed by atoms with Crippen molar-refractivity contribution in [1.82, 2.24) is 4.98 Å². The first-order valence-electron chi connectivity index (χ1n) is 5.28. The highest BCUT2D eigenvalue weighted by Gasteiger charge is 2.08. The van der Waals surface area contributed by atoms with Gasteiger partial charge >= 0.3 is 0 Å². The minimum Gasteiger partial charge on any atom is -0.506 e. The molecule has 0 spiro atoms. The van der Waals surface area contributed by atoms with Gasteiger partial charge in [0.15, 0.2) is 0 Å². The van der Waals surface area contributed by atoms with E-state index in [1.54, 1.807) is 0 Å². The molecule has 0 radical (unpaired) electrons. The van der Waals surface area contributed by atoms with Crippen molar-refractivity contribution in [2.75, 3.05) is 5.32 Å².